The largest absolute Gasteiger partial charge is 0.469 e. The average molecular weight is 159 g/mol. The van der Waals surface area contributed by atoms with Crippen LogP contribution in [0.1, 0.15) is 12.8 Å². The summed E-state index contributed by atoms with van der Waals surface area (Å²) >= 11 is 0. The second kappa shape index (κ2) is 4.43. The van der Waals surface area contributed by atoms with Crippen molar-refractivity contribution in [1.29, 1.82) is 0 Å². The van der Waals surface area contributed by atoms with E-state index < -0.39 is 24.1 Å². The number of rotatable bonds is 4. The second-order valence-corrected chi connectivity index (χ2v) is 1.93. The summed E-state index contributed by atoms with van der Waals surface area (Å²) in [6.45, 7) is 0. The van der Waals surface area contributed by atoms with Gasteiger partial charge in [-0.1, -0.05) is 0 Å². The van der Waals surface area contributed by atoms with Crippen LogP contribution in [0.25, 0.3) is 0 Å². The molecule has 0 aromatic carbocycles. The minimum Gasteiger partial charge on any atom is -0.469 e. The highest BCUT2D eigenvalue weighted by molar-refractivity contribution is 6.04. The number of ketones is 1. The molecule has 0 aliphatic rings. The topological polar surface area (TPSA) is 86.5 Å². The van der Waals surface area contributed by atoms with Gasteiger partial charge in [-0.05, 0) is 0 Å². The summed E-state index contributed by atoms with van der Waals surface area (Å²) in [6.07, 6.45) is -0.797. The number of esters is 1. The van der Waals surface area contributed by atoms with Crippen molar-refractivity contribution in [1.82, 2.24) is 0 Å². The van der Waals surface area contributed by atoms with Gasteiger partial charge in [-0.15, -0.1) is 0 Å². The molecule has 0 saturated heterocycles. The van der Waals surface area contributed by atoms with Gasteiger partial charge in [-0.25, -0.2) is 0 Å². The Morgan fingerprint density at radius 1 is 1.27 bits per heavy atom. The number of hydrogen-bond donors (Lipinski definition) is 1. The van der Waals surface area contributed by atoms with Gasteiger partial charge in [0.15, 0.2) is 5.78 Å². The summed E-state index contributed by atoms with van der Waals surface area (Å²) in [7, 11) is 1.17. The summed E-state index contributed by atoms with van der Waals surface area (Å²) in [5, 5.41) is 0. The first-order chi connectivity index (χ1) is 5.06. The van der Waals surface area contributed by atoms with Gasteiger partial charge in [0.05, 0.1) is 13.5 Å². The number of ether oxygens (including phenoxy) is 1. The van der Waals surface area contributed by atoms with Crippen molar-refractivity contribution in [2.45, 2.75) is 12.8 Å². The number of carbonyl (C=O) groups is 3. The van der Waals surface area contributed by atoms with Crippen LogP contribution in [0.5, 0.6) is 0 Å². The van der Waals surface area contributed by atoms with Crippen molar-refractivity contribution in [3.8, 4) is 0 Å². The van der Waals surface area contributed by atoms with E-state index in [9.17, 15) is 14.4 Å². The fourth-order valence-electron chi connectivity index (χ4n) is 0.490. The Balaban J connectivity index is 3.70. The van der Waals surface area contributed by atoms with Crippen molar-refractivity contribution < 1.29 is 19.1 Å². The molecule has 0 saturated carbocycles. The predicted molar refractivity (Wildman–Crippen MR) is 35.5 cm³/mol. The Kier molecular flexibility index (Phi) is 3.87. The number of hydrogen-bond acceptors (Lipinski definition) is 4. The van der Waals surface area contributed by atoms with Gasteiger partial charge in [-0.2, -0.15) is 0 Å². The van der Waals surface area contributed by atoms with Gasteiger partial charge in [0.2, 0.25) is 5.91 Å². The minimum atomic E-state index is -0.737. The van der Waals surface area contributed by atoms with Gasteiger partial charge in [0, 0.05) is 0 Å². The molecular weight excluding hydrogens is 150 g/mol. The smallest absolute Gasteiger partial charge is 0.313 e. The van der Waals surface area contributed by atoms with E-state index in [1.54, 1.807) is 0 Å². The van der Waals surface area contributed by atoms with E-state index in [0.717, 1.165) is 0 Å². The molecule has 2 N–H and O–H groups in total. The van der Waals surface area contributed by atoms with Gasteiger partial charge in [0.1, 0.15) is 6.42 Å². The summed E-state index contributed by atoms with van der Waals surface area (Å²) in [6, 6.07) is 0. The van der Waals surface area contributed by atoms with Crippen LogP contribution in [0.3, 0.4) is 0 Å². The van der Waals surface area contributed by atoms with E-state index >= 15 is 0 Å². The lowest BCUT2D eigenvalue weighted by Gasteiger charge is -1.95. The molecule has 1 amide bonds. The number of Topliss-reactive ketones (excluding diaryl/α,β-unsaturated/α-hetero) is 1. The van der Waals surface area contributed by atoms with E-state index in [1.807, 2.05) is 0 Å². The zero-order chi connectivity index (χ0) is 8.85. The van der Waals surface area contributed by atoms with Crippen LogP contribution in [-0.2, 0) is 19.1 Å². The quantitative estimate of drug-likeness (QED) is 0.420. The van der Waals surface area contributed by atoms with Crippen LogP contribution in [-0.4, -0.2) is 24.8 Å². The summed E-state index contributed by atoms with van der Waals surface area (Å²) in [5.74, 6) is -1.92. The van der Waals surface area contributed by atoms with Crippen molar-refractivity contribution >= 4 is 17.7 Å². The molecular formula is C6H9NO4. The molecule has 0 spiro atoms. The lowest BCUT2D eigenvalue weighted by atomic mass is 10.2. The molecule has 0 fully saturated rings. The molecule has 0 unspecified atom stereocenters. The molecule has 0 radical (unpaired) electrons. The maximum atomic E-state index is 10.6. The molecule has 5 nitrogen and oxygen atoms in total. The number of primary amides is 1. The highest BCUT2D eigenvalue weighted by Gasteiger charge is 2.11. The Bertz CT molecular complexity index is 187. The molecule has 0 atom stereocenters. The third-order valence-electron chi connectivity index (χ3n) is 0.941. The Labute approximate surface area is 63.5 Å². The third-order valence-corrected chi connectivity index (χ3v) is 0.941. The van der Waals surface area contributed by atoms with E-state index in [-0.39, 0.29) is 6.42 Å². The molecule has 0 aliphatic carbocycles. The van der Waals surface area contributed by atoms with E-state index in [0.29, 0.717) is 0 Å². The standard InChI is InChI=1S/C6H9NO4/c1-11-6(10)3-4(8)2-5(7)9/h2-3H2,1H3,(H2,7,9). The Morgan fingerprint density at radius 2 is 1.82 bits per heavy atom. The van der Waals surface area contributed by atoms with Gasteiger partial charge >= 0.3 is 5.97 Å². The van der Waals surface area contributed by atoms with E-state index in [4.69, 9.17) is 5.73 Å². The van der Waals surface area contributed by atoms with Crippen LogP contribution in [0, 0.1) is 0 Å². The molecule has 0 rings (SSSR count). The lowest BCUT2D eigenvalue weighted by molar-refractivity contribution is -0.143. The third kappa shape index (κ3) is 5.07. The van der Waals surface area contributed by atoms with Crippen LogP contribution in [0.4, 0.5) is 0 Å². The first kappa shape index (κ1) is 9.61. The average Bonchev–Trinajstić information content (AvgIpc) is 1.85. The van der Waals surface area contributed by atoms with Crippen molar-refractivity contribution in [2.24, 2.45) is 5.73 Å². The van der Waals surface area contributed by atoms with E-state index in [2.05, 4.69) is 4.74 Å². The molecule has 62 valence electrons. The maximum Gasteiger partial charge on any atom is 0.313 e. The van der Waals surface area contributed by atoms with Crippen LogP contribution in [0.2, 0.25) is 0 Å². The van der Waals surface area contributed by atoms with E-state index in [1.165, 1.54) is 7.11 Å². The zero-order valence-corrected chi connectivity index (χ0v) is 6.12. The van der Waals surface area contributed by atoms with Crippen molar-refractivity contribution in [3.63, 3.8) is 0 Å². The molecule has 5 heteroatoms. The monoisotopic (exact) mass is 159 g/mol. The Morgan fingerprint density at radius 3 is 2.18 bits per heavy atom. The normalized spacial score (nSPS) is 8.82. The summed E-state index contributed by atoms with van der Waals surface area (Å²) < 4.78 is 4.19. The fourth-order valence-corrected chi connectivity index (χ4v) is 0.490. The number of amides is 1. The first-order valence-corrected chi connectivity index (χ1v) is 2.93. The highest BCUT2D eigenvalue weighted by Crippen LogP contribution is 1.90. The number of nitrogens with two attached hydrogens (primary N) is 1. The Hall–Kier alpha value is -1.39. The lowest BCUT2D eigenvalue weighted by Crippen LogP contribution is -2.18. The number of carbonyl (C=O) groups excluding carboxylic acids is 3. The number of methoxy groups -OCH3 is 1. The minimum absolute atomic E-state index is 0.389. The fraction of sp³-hybridized carbons (Fsp3) is 0.500. The molecule has 0 aliphatic heterocycles. The molecule has 0 aromatic heterocycles. The second-order valence-electron chi connectivity index (χ2n) is 1.93. The highest BCUT2D eigenvalue weighted by atomic mass is 16.5. The van der Waals surface area contributed by atoms with Gasteiger partial charge < -0.3 is 10.5 Å². The molecule has 0 heterocycles. The SMILES string of the molecule is COC(=O)CC(=O)CC(N)=O. The van der Waals surface area contributed by atoms with Gasteiger partial charge in [-0.3, -0.25) is 14.4 Å². The van der Waals surface area contributed by atoms with Crippen molar-refractivity contribution in [3.05, 3.63) is 0 Å². The zero-order valence-electron chi connectivity index (χ0n) is 6.12. The molecule has 11 heavy (non-hydrogen) atoms. The van der Waals surface area contributed by atoms with Crippen LogP contribution >= 0.6 is 0 Å². The predicted octanol–water partition coefficient (Wildman–Crippen LogP) is -1.01. The summed E-state index contributed by atoms with van der Waals surface area (Å²) in [4.78, 5) is 31.2. The molecule has 0 aromatic rings. The van der Waals surface area contributed by atoms with Crippen LogP contribution < -0.4 is 5.73 Å². The first-order valence-electron chi connectivity index (χ1n) is 2.93. The summed E-state index contributed by atoms with van der Waals surface area (Å²) in [5.41, 5.74) is 4.70. The maximum absolute atomic E-state index is 10.6. The van der Waals surface area contributed by atoms with Gasteiger partial charge in [0.25, 0.3) is 0 Å². The molecule has 0 bridgehead atoms. The van der Waals surface area contributed by atoms with Crippen molar-refractivity contribution in [2.75, 3.05) is 7.11 Å². The van der Waals surface area contributed by atoms with Crippen LogP contribution in [0.15, 0.2) is 0 Å².